The van der Waals surface area contributed by atoms with Crippen LogP contribution in [0.2, 0.25) is 0 Å². The van der Waals surface area contributed by atoms with Gasteiger partial charge >= 0.3 is 0 Å². The number of benzene rings is 1. The summed E-state index contributed by atoms with van der Waals surface area (Å²) >= 11 is 0. The van der Waals surface area contributed by atoms with Gasteiger partial charge in [-0.05, 0) is 86.1 Å². The zero-order valence-corrected chi connectivity index (χ0v) is 17.2. The molecule has 150 valence electrons. The highest BCUT2D eigenvalue weighted by Gasteiger charge is 2.65. The lowest BCUT2D eigenvalue weighted by Gasteiger charge is -2.66. The monoisotopic (exact) mass is 378 g/mol. The third-order valence-corrected chi connectivity index (χ3v) is 9.45. The van der Waals surface area contributed by atoms with E-state index in [1.54, 1.807) is 0 Å². The van der Waals surface area contributed by atoms with Crippen LogP contribution in [0.4, 0.5) is 0 Å². The van der Waals surface area contributed by atoms with E-state index in [1.165, 1.54) is 44.1 Å². The predicted octanol–water partition coefficient (Wildman–Crippen LogP) is 4.17. The van der Waals surface area contributed by atoms with Crippen LogP contribution in [0.15, 0.2) is 30.3 Å². The number of fused-ring (bicyclic) bond motifs is 2. The Morgan fingerprint density at radius 2 is 1.93 bits per heavy atom. The summed E-state index contributed by atoms with van der Waals surface area (Å²) in [7, 11) is 0. The van der Waals surface area contributed by atoms with E-state index in [2.05, 4.69) is 47.9 Å². The van der Waals surface area contributed by atoms with Crippen LogP contribution in [0.5, 0.6) is 0 Å². The minimum absolute atomic E-state index is 0.132. The average Bonchev–Trinajstić information content (AvgIpc) is 3.31. The quantitative estimate of drug-likeness (QED) is 0.825. The number of rotatable bonds is 4. The van der Waals surface area contributed by atoms with Crippen molar-refractivity contribution in [2.45, 2.75) is 82.2 Å². The first-order valence-electron chi connectivity index (χ1n) is 11.6. The summed E-state index contributed by atoms with van der Waals surface area (Å²) in [5, 5.41) is 7.20. The van der Waals surface area contributed by atoms with Crippen molar-refractivity contribution in [1.29, 1.82) is 0 Å². The third-order valence-electron chi connectivity index (χ3n) is 9.45. The smallest absolute Gasteiger partial charge is 0.226 e. The maximum Gasteiger partial charge on any atom is 0.226 e. The molecule has 3 nitrogen and oxygen atoms in total. The third kappa shape index (κ3) is 2.41. The molecule has 1 aromatic carbocycles. The van der Waals surface area contributed by atoms with Gasteiger partial charge < -0.3 is 10.6 Å². The number of hydrogen-bond acceptors (Lipinski definition) is 2. The largest absolute Gasteiger partial charge is 0.351 e. The lowest BCUT2D eigenvalue weighted by atomic mass is 9.38. The van der Waals surface area contributed by atoms with Gasteiger partial charge in [-0.25, -0.2) is 0 Å². The molecule has 28 heavy (non-hydrogen) atoms. The van der Waals surface area contributed by atoms with Crippen molar-refractivity contribution >= 4 is 5.91 Å². The first-order valence-corrected chi connectivity index (χ1v) is 11.6. The van der Waals surface area contributed by atoms with Crippen molar-refractivity contribution in [3.8, 4) is 0 Å². The normalized spacial score (nSPS) is 48.2. The Bertz CT molecular complexity index is 793. The molecule has 0 spiro atoms. The summed E-state index contributed by atoms with van der Waals surface area (Å²) in [5.41, 5.74) is 1.96. The molecule has 6 aliphatic rings. The molecule has 7 atom stereocenters. The Morgan fingerprint density at radius 3 is 2.64 bits per heavy atom. The predicted molar refractivity (Wildman–Crippen MR) is 111 cm³/mol. The van der Waals surface area contributed by atoms with Crippen molar-refractivity contribution in [1.82, 2.24) is 10.6 Å². The van der Waals surface area contributed by atoms with Gasteiger partial charge in [0.15, 0.2) is 0 Å². The van der Waals surface area contributed by atoms with Crippen molar-refractivity contribution in [2.24, 2.45) is 22.7 Å². The van der Waals surface area contributed by atoms with Crippen LogP contribution >= 0.6 is 0 Å². The molecule has 6 unspecified atom stereocenters. The second-order valence-electron chi connectivity index (χ2n) is 11.2. The highest BCUT2D eigenvalue weighted by Crippen LogP contribution is 2.71. The Labute approximate surface area is 169 Å². The molecule has 0 radical (unpaired) electrons. The van der Waals surface area contributed by atoms with Crippen LogP contribution in [0.25, 0.3) is 0 Å². The first kappa shape index (κ1) is 17.5. The minimum Gasteiger partial charge on any atom is -0.351 e. The van der Waals surface area contributed by atoms with Crippen LogP contribution in [0.3, 0.4) is 0 Å². The fourth-order valence-corrected chi connectivity index (χ4v) is 8.73. The van der Waals surface area contributed by atoms with Crippen molar-refractivity contribution < 1.29 is 4.79 Å². The van der Waals surface area contributed by atoms with Gasteiger partial charge in [0, 0.05) is 12.1 Å². The summed E-state index contributed by atoms with van der Waals surface area (Å²) in [5.74, 6) is 1.90. The number of piperidine rings is 1. The maximum absolute atomic E-state index is 13.8. The standard InChI is InChI=1S/C25H34N2O/c1-2-23-10-18-11-24(14-23,19-6-4-3-5-7-19)16-25(12-18,15-23)22(28)27-21-9-17-8-20(21)26-13-17/h3-7,17-18,20-21,26H,2,8-16H2,1H3,(H,27,28)/t17?,18?,20?,21?,23?,24-,25?/m1/s1. The zero-order valence-electron chi connectivity index (χ0n) is 17.2. The fraction of sp³-hybridized carbons (Fsp3) is 0.720. The van der Waals surface area contributed by atoms with Crippen molar-refractivity contribution in [2.75, 3.05) is 6.54 Å². The Hall–Kier alpha value is -1.35. The van der Waals surface area contributed by atoms with Crippen molar-refractivity contribution in [3.05, 3.63) is 35.9 Å². The molecule has 1 saturated heterocycles. The molecular weight excluding hydrogens is 344 g/mol. The molecule has 1 aliphatic heterocycles. The van der Waals surface area contributed by atoms with E-state index >= 15 is 0 Å². The van der Waals surface area contributed by atoms with Gasteiger partial charge in [0.1, 0.15) is 0 Å². The number of carbonyl (C=O) groups is 1. The Balaban J connectivity index is 1.34. The summed E-state index contributed by atoms with van der Waals surface area (Å²) in [6.45, 7) is 3.53. The molecular formula is C25H34N2O. The molecule has 3 heteroatoms. The van der Waals surface area contributed by atoms with E-state index < -0.39 is 0 Å². The Morgan fingerprint density at radius 1 is 1.07 bits per heavy atom. The minimum atomic E-state index is -0.132. The van der Waals surface area contributed by atoms with E-state index in [0.29, 0.717) is 23.4 Å². The molecule has 5 saturated carbocycles. The zero-order chi connectivity index (χ0) is 19.0. The van der Waals surface area contributed by atoms with Gasteiger partial charge in [0.25, 0.3) is 0 Å². The van der Waals surface area contributed by atoms with E-state index in [9.17, 15) is 4.79 Å². The fourth-order valence-electron chi connectivity index (χ4n) is 8.73. The highest BCUT2D eigenvalue weighted by atomic mass is 16.2. The molecule has 1 amide bonds. The first-order chi connectivity index (χ1) is 13.5. The van der Waals surface area contributed by atoms with Crippen LogP contribution in [0.1, 0.15) is 70.3 Å². The maximum atomic E-state index is 13.8. The SMILES string of the molecule is CCC12CC3CC(C(=O)NC4CC5CNC4C5)(C1)C[C@@](c1ccccc1)(C3)C2. The highest BCUT2D eigenvalue weighted by molar-refractivity contribution is 5.84. The van der Waals surface area contributed by atoms with Crippen LogP contribution in [0, 0.1) is 22.7 Å². The molecule has 6 fully saturated rings. The lowest BCUT2D eigenvalue weighted by Crippen LogP contribution is -2.64. The lowest BCUT2D eigenvalue weighted by molar-refractivity contribution is -0.164. The number of amides is 1. The molecule has 2 N–H and O–H groups in total. The van der Waals surface area contributed by atoms with Gasteiger partial charge in [0.05, 0.1) is 5.41 Å². The van der Waals surface area contributed by atoms with Gasteiger partial charge in [-0.15, -0.1) is 0 Å². The topological polar surface area (TPSA) is 41.1 Å². The summed E-state index contributed by atoms with van der Waals surface area (Å²) < 4.78 is 0. The second kappa shape index (κ2) is 5.84. The molecule has 1 heterocycles. The molecule has 7 rings (SSSR count). The van der Waals surface area contributed by atoms with Gasteiger partial charge in [-0.1, -0.05) is 43.7 Å². The van der Waals surface area contributed by atoms with Crippen LogP contribution in [-0.2, 0) is 10.2 Å². The van der Waals surface area contributed by atoms with E-state index in [-0.39, 0.29) is 10.8 Å². The Kier molecular flexibility index (Phi) is 3.65. The van der Waals surface area contributed by atoms with E-state index in [0.717, 1.165) is 37.6 Å². The average molecular weight is 379 g/mol. The molecule has 5 aliphatic carbocycles. The molecule has 6 bridgehead atoms. The van der Waals surface area contributed by atoms with E-state index in [1.807, 2.05) is 0 Å². The van der Waals surface area contributed by atoms with Crippen LogP contribution < -0.4 is 10.6 Å². The summed E-state index contributed by atoms with van der Waals surface area (Å²) in [6.07, 6.45) is 10.9. The number of carbonyl (C=O) groups excluding carboxylic acids is 1. The van der Waals surface area contributed by atoms with Crippen LogP contribution in [-0.4, -0.2) is 24.5 Å². The van der Waals surface area contributed by atoms with Gasteiger partial charge in [-0.3, -0.25) is 4.79 Å². The number of nitrogens with one attached hydrogen (secondary N) is 2. The van der Waals surface area contributed by atoms with Gasteiger partial charge in [-0.2, -0.15) is 0 Å². The van der Waals surface area contributed by atoms with Gasteiger partial charge in [0.2, 0.25) is 5.91 Å². The van der Waals surface area contributed by atoms with E-state index in [4.69, 9.17) is 0 Å². The summed E-state index contributed by atoms with van der Waals surface area (Å²) in [4.78, 5) is 13.8. The molecule has 0 aromatic heterocycles. The number of hydrogen-bond donors (Lipinski definition) is 2. The van der Waals surface area contributed by atoms with Crippen molar-refractivity contribution in [3.63, 3.8) is 0 Å². The summed E-state index contributed by atoms with van der Waals surface area (Å²) in [6, 6.07) is 12.1. The second-order valence-corrected chi connectivity index (χ2v) is 11.2. The molecule has 1 aromatic rings.